The third-order valence-corrected chi connectivity index (χ3v) is 5.85. The maximum absolute atomic E-state index is 4.64. The van der Waals surface area contributed by atoms with Gasteiger partial charge in [-0.05, 0) is 30.9 Å². The zero-order valence-corrected chi connectivity index (χ0v) is 15.4. The summed E-state index contributed by atoms with van der Waals surface area (Å²) in [6.07, 6.45) is 12.0. The Labute approximate surface area is 158 Å². The second kappa shape index (κ2) is 7.16. The molecule has 1 aliphatic carbocycles. The number of fused-ring (bicyclic) bond motifs is 3. The standard InChI is InChI=1S/C22H25N5/c1-2-6-16(7-3-1)13-24-17-8-4-5-9-18(12-17)27-15-26-20-14-25-22-19(21(20)27)10-11-23-22/h1-3,6-7,10-11,14-15,17-18,24H,4-5,8-9,12-13H2,(H,23,25)/t17-,18+/m1/s1. The van der Waals surface area contributed by atoms with E-state index in [1.165, 1.54) is 42.1 Å². The predicted octanol–water partition coefficient (Wildman–Crippen LogP) is 4.58. The number of pyridine rings is 1. The smallest absolute Gasteiger partial charge is 0.139 e. The van der Waals surface area contributed by atoms with Crippen molar-refractivity contribution in [2.75, 3.05) is 0 Å². The van der Waals surface area contributed by atoms with Gasteiger partial charge in [0.15, 0.2) is 0 Å². The van der Waals surface area contributed by atoms with Crippen molar-refractivity contribution in [3.63, 3.8) is 0 Å². The van der Waals surface area contributed by atoms with Crippen molar-refractivity contribution in [2.24, 2.45) is 0 Å². The number of imidazole rings is 1. The fraction of sp³-hybridized carbons (Fsp3) is 0.364. The molecule has 5 nitrogen and oxygen atoms in total. The van der Waals surface area contributed by atoms with Gasteiger partial charge in [-0.15, -0.1) is 0 Å². The molecule has 3 heterocycles. The Hall–Kier alpha value is -2.66. The van der Waals surface area contributed by atoms with E-state index in [0.29, 0.717) is 12.1 Å². The van der Waals surface area contributed by atoms with Crippen molar-refractivity contribution in [3.8, 4) is 0 Å². The molecule has 5 rings (SSSR count). The van der Waals surface area contributed by atoms with Crippen molar-refractivity contribution in [3.05, 3.63) is 60.7 Å². The van der Waals surface area contributed by atoms with Crippen LogP contribution in [0.3, 0.4) is 0 Å². The summed E-state index contributed by atoms with van der Waals surface area (Å²) in [5, 5.41) is 4.97. The number of rotatable bonds is 4. The van der Waals surface area contributed by atoms with E-state index in [9.17, 15) is 0 Å². The molecule has 1 aliphatic rings. The van der Waals surface area contributed by atoms with E-state index in [0.717, 1.165) is 24.1 Å². The lowest BCUT2D eigenvalue weighted by atomic mass is 10.0. The molecule has 3 aromatic heterocycles. The Morgan fingerprint density at radius 3 is 2.89 bits per heavy atom. The Balaban J connectivity index is 1.41. The monoisotopic (exact) mass is 359 g/mol. The fourth-order valence-corrected chi connectivity index (χ4v) is 4.44. The van der Waals surface area contributed by atoms with Crippen molar-refractivity contribution >= 4 is 22.1 Å². The van der Waals surface area contributed by atoms with Crippen LogP contribution in [0.25, 0.3) is 22.1 Å². The van der Waals surface area contributed by atoms with Gasteiger partial charge in [-0.3, -0.25) is 0 Å². The molecule has 1 aromatic carbocycles. The number of benzene rings is 1. The summed E-state index contributed by atoms with van der Waals surface area (Å²) in [7, 11) is 0. The van der Waals surface area contributed by atoms with Gasteiger partial charge in [-0.1, -0.05) is 43.2 Å². The summed E-state index contributed by atoms with van der Waals surface area (Å²) in [4.78, 5) is 12.3. The molecular formula is C22H25N5. The molecule has 0 radical (unpaired) electrons. The largest absolute Gasteiger partial charge is 0.346 e. The molecule has 1 fully saturated rings. The molecule has 5 heteroatoms. The minimum atomic E-state index is 0.478. The van der Waals surface area contributed by atoms with Crippen LogP contribution in [0.1, 0.15) is 43.7 Å². The van der Waals surface area contributed by atoms with Gasteiger partial charge in [-0.25, -0.2) is 9.97 Å². The number of nitrogens with zero attached hydrogens (tertiary/aromatic N) is 3. The molecule has 2 N–H and O–H groups in total. The van der Waals surface area contributed by atoms with Crippen LogP contribution < -0.4 is 5.32 Å². The lowest BCUT2D eigenvalue weighted by Crippen LogP contribution is -2.30. The van der Waals surface area contributed by atoms with Gasteiger partial charge in [0.2, 0.25) is 0 Å². The van der Waals surface area contributed by atoms with Crippen LogP contribution in [0, 0.1) is 0 Å². The molecule has 2 atom stereocenters. The molecule has 0 amide bonds. The van der Waals surface area contributed by atoms with Gasteiger partial charge in [0.25, 0.3) is 0 Å². The van der Waals surface area contributed by atoms with Crippen molar-refractivity contribution in [2.45, 2.75) is 50.7 Å². The number of aromatic nitrogens is 4. The van der Waals surface area contributed by atoms with E-state index in [1.807, 2.05) is 18.7 Å². The minimum absolute atomic E-state index is 0.478. The van der Waals surface area contributed by atoms with Crippen LogP contribution in [-0.4, -0.2) is 25.6 Å². The van der Waals surface area contributed by atoms with Crippen LogP contribution in [0.4, 0.5) is 0 Å². The first-order valence-electron chi connectivity index (χ1n) is 9.94. The molecule has 138 valence electrons. The van der Waals surface area contributed by atoms with Gasteiger partial charge < -0.3 is 14.9 Å². The number of aromatic amines is 1. The number of nitrogens with one attached hydrogen (secondary N) is 2. The van der Waals surface area contributed by atoms with Crippen molar-refractivity contribution in [1.29, 1.82) is 0 Å². The first-order chi connectivity index (χ1) is 13.4. The predicted molar refractivity (Wildman–Crippen MR) is 109 cm³/mol. The van der Waals surface area contributed by atoms with Crippen LogP contribution in [-0.2, 0) is 6.54 Å². The topological polar surface area (TPSA) is 58.5 Å². The third kappa shape index (κ3) is 3.23. The van der Waals surface area contributed by atoms with E-state index in [2.05, 4.69) is 61.2 Å². The highest BCUT2D eigenvalue weighted by Crippen LogP contribution is 2.32. The molecule has 0 unspecified atom stereocenters. The average molecular weight is 359 g/mol. The van der Waals surface area contributed by atoms with Crippen molar-refractivity contribution in [1.82, 2.24) is 24.8 Å². The summed E-state index contributed by atoms with van der Waals surface area (Å²) < 4.78 is 2.40. The number of H-pyrrole nitrogens is 1. The quantitative estimate of drug-likeness (QED) is 0.525. The SMILES string of the molecule is c1ccc(CN[C@@H]2CCCC[C@H](n3cnc4cnc5[nH]ccc5c43)C2)cc1. The average Bonchev–Trinajstić information content (AvgIpc) is 3.28. The van der Waals surface area contributed by atoms with E-state index in [-0.39, 0.29) is 0 Å². The summed E-state index contributed by atoms with van der Waals surface area (Å²) in [6.45, 7) is 0.939. The normalized spacial score (nSPS) is 20.9. The van der Waals surface area contributed by atoms with E-state index >= 15 is 0 Å². The first kappa shape index (κ1) is 16.5. The molecule has 0 spiro atoms. The molecule has 4 aromatic rings. The zero-order chi connectivity index (χ0) is 18.1. The second-order valence-corrected chi connectivity index (χ2v) is 7.62. The van der Waals surface area contributed by atoms with E-state index < -0.39 is 0 Å². The lowest BCUT2D eigenvalue weighted by molar-refractivity contribution is 0.384. The van der Waals surface area contributed by atoms with Gasteiger partial charge in [0, 0.05) is 30.2 Å². The molecule has 1 saturated carbocycles. The van der Waals surface area contributed by atoms with Gasteiger partial charge in [0.05, 0.1) is 18.0 Å². The minimum Gasteiger partial charge on any atom is -0.346 e. The second-order valence-electron chi connectivity index (χ2n) is 7.62. The summed E-state index contributed by atoms with van der Waals surface area (Å²) in [6, 6.07) is 13.8. The van der Waals surface area contributed by atoms with Crippen molar-refractivity contribution < 1.29 is 0 Å². The highest BCUT2D eigenvalue weighted by atomic mass is 15.1. The third-order valence-electron chi connectivity index (χ3n) is 5.85. The van der Waals surface area contributed by atoms with Gasteiger partial charge in [-0.2, -0.15) is 0 Å². The maximum Gasteiger partial charge on any atom is 0.139 e. The Morgan fingerprint density at radius 2 is 1.96 bits per heavy atom. The Bertz CT molecular complexity index is 1030. The zero-order valence-electron chi connectivity index (χ0n) is 15.4. The number of hydrogen-bond acceptors (Lipinski definition) is 3. The lowest BCUT2D eigenvalue weighted by Gasteiger charge is -2.23. The van der Waals surface area contributed by atoms with Gasteiger partial charge >= 0.3 is 0 Å². The highest BCUT2D eigenvalue weighted by Gasteiger charge is 2.23. The fourth-order valence-electron chi connectivity index (χ4n) is 4.44. The molecule has 0 bridgehead atoms. The van der Waals surface area contributed by atoms with Crippen LogP contribution >= 0.6 is 0 Å². The number of hydrogen-bond donors (Lipinski definition) is 2. The summed E-state index contributed by atoms with van der Waals surface area (Å²) >= 11 is 0. The Morgan fingerprint density at radius 1 is 1.07 bits per heavy atom. The molecular weight excluding hydrogens is 334 g/mol. The van der Waals surface area contributed by atoms with Crippen LogP contribution in [0.15, 0.2) is 55.1 Å². The van der Waals surface area contributed by atoms with Crippen LogP contribution in [0.2, 0.25) is 0 Å². The van der Waals surface area contributed by atoms with Gasteiger partial charge in [0.1, 0.15) is 11.2 Å². The summed E-state index contributed by atoms with van der Waals surface area (Å²) in [5.41, 5.74) is 4.50. The molecule has 27 heavy (non-hydrogen) atoms. The van der Waals surface area contributed by atoms with E-state index in [1.54, 1.807) is 0 Å². The van der Waals surface area contributed by atoms with E-state index in [4.69, 9.17) is 0 Å². The molecule has 0 saturated heterocycles. The van der Waals surface area contributed by atoms with Crippen LogP contribution in [0.5, 0.6) is 0 Å². The summed E-state index contributed by atoms with van der Waals surface area (Å²) in [5.74, 6) is 0. The highest BCUT2D eigenvalue weighted by molar-refractivity contribution is 6.00. The maximum atomic E-state index is 4.64. The molecule has 0 aliphatic heterocycles. The Kier molecular flexibility index (Phi) is 4.38. The first-order valence-corrected chi connectivity index (χ1v) is 9.94.